The molecule has 4 N–H and O–H groups in total. The molecule has 1 unspecified atom stereocenters. The van der Waals surface area contributed by atoms with Gasteiger partial charge in [0.25, 0.3) is 5.91 Å². The first-order valence-corrected chi connectivity index (χ1v) is 7.75. The van der Waals surface area contributed by atoms with Crippen LogP contribution in [0.5, 0.6) is 5.75 Å². The van der Waals surface area contributed by atoms with E-state index >= 15 is 0 Å². The van der Waals surface area contributed by atoms with Crippen LogP contribution in [0.3, 0.4) is 0 Å². The number of benzene rings is 1. The Hall–Kier alpha value is -2.44. The Kier molecular flexibility index (Phi) is 5.89. The third-order valence-corrected chi connectivity index (χ3v) is 3.73. The van der Waals surface area contributed by atoms with Crippen LogP contribution in [-0.4, -0.2) is 45.8 Å². The summed E-state index contributed by atoms with van der Waals surface area (Å²) in [6.45, 7) is 2.07. The molecule has 1 amide bonds. The lowest BCUT2D eigenvalue weighted by Gasteiger charge is -2.14. The van der Waals surface area contributed by atoms with Crippen molar-refractivity contribution in [2.75, 3.05) is 6.54 Å². The van der Waals surface area contributed by atoms with E-state index in [-0.39, 0.29) is 24.3 Å². The first kappa shape index (κ1) is 17.9. The molecule has 0 radical (unpaired) electrons. The van der Waals surface area contributed by atoms with Crippen LogP contribution >= 0.6 is 0 Å². The van der Waals surface area contributed by atoms with Gasteiger partial charge in [-0.3, -0.25) is 9.59 Å². The van der Waals surface area contributed by atoms with E-state index in [0.29, 0.717) is 12.0 Å². The summed E-state index contributed by atoms with van der Waals surface area (Å²) in [4.78, 5) is 24.0. The molecule has 24 heavy (non-hydrogen) atoms. The lowest BCUT2D eigenvalue weighted by atomic mass is 10.00. The van der Waals surface area contributed by atoms with Crippen molar-refractivity contribution in [1.82, 2.24) is 5.32 Å². The summed E-state index contributed by atoms with van der Waals surface area (Å²) in [6, 6.07) is 3.25. The number of aromatic hydroxyl groups is 1. The Morgan fingerprint density at radius 2 is 1.88 bits per heavy atom. The first-order valence-electron chi connectivity index (χ1n) is 7.75. The molecule has 0 aliphatic carbocycles. The van der Waals surface area contributed by atoms with Crippen molar-refractivity contribution < 1.29 is 24.9 Å². The largest absolute Gasteiger partial charge is 0.507 e. The van der Waals surface area contributed by atoms with E-state index in [9.17, 15) is 24.9 Å². The number of hydrogen-bond acceptors (Lipinski definition) is 5. The highest BCUT2D eigenvalue weighted by atomic mass is 16.3. The summed E-state index contributed by atoms with van der Waals surface area (Å²) in [5, 5.41) is 32.4. The van der Waals surface area contributed by atoms with Crippen molar-refractivity contribution in [2.45, 2.75) is 32.0 Å². The van der Waals surface area contributed by atoms with Crippen molar-refractivity contribution >= 4 is 17.8 Å². The van der Waals surface area contributed by atoms with E-state index in [1.165, 1.54) is 18.2 Å². The highest BCUT2D eigenvalue weighted by Gasteiger charge is 2.21. The SMILES string of the molecule is Cc1cc(O)c2c(c1)/C=C/C[C@H](O)C(O)C(=O)/C=C\CCNC2=O. The third-order valence-electron chi connectivity index (χ3n) is 3.73. The minimum Gasteiger partial charge on any atom is -0.507 e. The fourth-order valence-corrected chi connectivity index (χ4v) is 2.48. The highest BCUT2D eigenvalue weighted by Crippen LogP contribution is 2.25. The van der Waals surface area contributed by atoms with E-state index in [2.05, 4.69) is 5.32 Å². The number of ketones is 1. The summed E-state index contributed by atoms with van der Waals surface area (Å²) in [5.41, 5.74) is 1.44. The fourth-order valence-electron chi connectivity index (χ4n) is 2.48. The first-order chi connectivity index (χ1) is 11.4. The molecule has 1 aromatic rings. The predicted molar refractivity (Wildman–Crippen MR) is 89.6 cm³/mol. The fraction of sp³-hybridized carbons (Fsp3) is 0.333. The Morgan fingerprint density at radius 1 is 1.12 bits per heavy atom. The molecule has 128 valence electrons. The van der Waals surface area contributed by atoms with E-state index in [4.69, 9.17) is 0 Å². The molecule has 1 aromatic carbocycles. The van der Waals surface area contributed by atoms with Gasteiger partial charge >= 0.3 is 0 Å². The average molecular weight is 331 g/mol. The number of aliphatic hydroxyl groups excluding tert-OH is 2. The number of rotatable bonds is 0. The molecule has 0 saturated heterocycles. The van der Waals surface area contributed by atoms with Crippen LogP contribution < -0.4 is 5.32 Å². The van der Waals surface area contributed by atoms with Gasteiger partial charge in [-0.25, -0.2) is 0 Å². The van der Waals surface area contributed by atoms with Crippen molar-refractivity contribution in [3.63, 3.8) is 0 Å². The molecule has 0 fully saturated rings. The number of carbonyl (C=O) groups excluding carboxylic acids is 2. The molecule has 1 heterocycles. The van der Waals surface area contributed by atoms with Crippen molar-refractivity contribution in [2.24, 2.45) is 0 Å². The number of nitrogens with one attached hydrogen (secondary N) is 1. The monoisotopic (exact) mass is 331 g/mol. The Balaban J connectivity index is 2.38. The molecule has 2 atom stereocenters. The molecule has 2 rings (SSSR count). The zero-order chi connectivity index (χ0) is 17.7. The number of phenolic OH excluding ortho intramolecular Hbond substituents is 1. The van der Waals surface area contributed by atoms with Gasteiger partial charge in [0.05, 0.1) is 11.7 Å². The zero-order valence-corrected chi connectivity index (χ0v) is 13.4. The smallest absolute Gasteiger partial charge is 0.255 e. The van der Waals surface area contributed by atoms with Crippen LogP contribution in [0.2, 0.25) is 0 Å². The van der Waals surface area contributed by atoms with E-state index < -0.39 is 23.9 Å². The van der Waals surface area contributed by atoms with Gasteiger partial charge in [-0.1, -0.05) is 24.3 Å². The zero-order valence-electron chi connectivity index (χ0n) is 13.4. The number of fused-ring (bicyclic) bond motifs is 1. The van der Waals surface area contributed by atoms with Gasteiger partial charge in [0.2, 0.25) is 0 Å². The molecule has 6 nitrogen and oxygen atoms in total. The number of amides is 1. The van der Waals surface area contributed by atoms with Crippen molar-refractivity contribution in [3.05, 3.63) is 47.1 Å². The van der Waals surface area contributed by atoms with Gasteiger partial charge in [0.15, 0.2) is 5.78 Å². The Morgan fingerprint density at radius 3 is 2.62 bits per heavy atom. The van der Waals surface area contributed by atoms with Crippen LogP contribution in [0.4, 0.5) is 0 Å². The molecule has 6 heteroatoms. The van der Waals surface area contributed by atoms with Gasteiger partial charge in [0.1, 0.15) is 11.9 Å². The highest BCUT2D eigenvalue weighted by molar-refractivity contribution is 6.00. The Bertz CT molecular complexity index is 693. The summed E-state index contributed by atoms with van der Waals surface area (Å²) < 4.78 is 0. The topological polar surface area (TPSA) is 107 Å². The summed E-state index contributed by atoms with van der Waals surface area (Å²) >= 11 is 0. The molecule has 0 aromatic heterocycles. The molecule has 0 bridgehead atoms. The van der Waals surface area contributed by atoms with Gasteiger partial charge in [-0.15, -0.1) is 0 Å². The lowest BCUT2D eigenvalue weighted by molar-refractivity contribution is -0.127. The number of phenols is 1. The molecular formula is C18H21NO5. The molecule has 1 aliphatic heterocycles. The predicted octanol–water partition coefficient (Wildman–Crippen LogP) is 1.08. The number of aliphatic hydroxyl groups is 2. The molecule has 0 saturated carbocycles. The normalized spacial score (nSPS) is 25.3. The minimum atomic E-state index is -1.49. The van der Waals surface area contributed by atoms with E-state index in [1.807, 2.05) is 0 Å². The maximum absolute atomic E-state index is 12.3. The van der Waals surface area contributed by atoms with Crippen LogP contribution in [0, 0.1) is 6.92 Å². The van der Waals surface area contributed by atoms with Crippen molar-refractivity contribution in [1.29, 1.82) is 0 Å². The van der Waals surface area contributed by atoms with Gasteiger partial charge in [-0.05, 0) is 43.0 Å². The molecule has 1 aliphatic rings. The molecular weight excluding hydrogens is 310 g/mol. The van der Waals surface area contributed by atoms with E-state index in [0.717, 1.165) is 5.56 Å². The summed E-state index contributed by atoms with van der Waals surface area (Å²) in [7, 11) is 0. The lowest BCUT2D eigenvalue weighted by Crippen LogP contribution is -2.32. The maximum atomic E-state index is 12.3. The Labute approximate surface area is 140 Å². The maximum Gasteiger partial charge on any atom is 0.255 e. The van der Waals surface area contributed by atoms with Crippen LogP contribution in [0.15, 0.2) is 30.4 Å². The average Bonchev–Trinajstić information content (AvgIpc) is 2.51. The van der Waals surface area contributed by atoms with Gasteiger partial charge in [-0.2, -0.15) is 0 Å². The quantitative estimate of drug-likeness (QED) is 0.569. The van der Waals surface area contributed by atoms with Gasteiger partial charge < -0.3 is 20.6 Å². The van der Waals surface area contributed by atoms with Crippen LogP contribution in [0.25, 0.3) is 6.08 Å². The standard InChI is InChI=1S/C18H21NO5/c1-11-9-12-5-4-7-14(21)17(23)13(20)6-2-3-8-19-18(24)16(12)15(22)10-11/h2,4-6,9-10,14,17,21-23H,3,7-8H2,1H3,(H,19,24)/b5-4+,6-2-/t14-,17?/m0/s1. The number of aryl methyl sites for hydroxylation is 1. The van der Waals surface area contributed by atoms with Gasteiger partial charge in [0, 0.05) is 6.54 Å². The summed E-state index contributed by atoms with van der Waals surface area (Å²) in [5.74, 6) is -1.11. The minimum absolute atomic E-state index is 0.0382. The number of hydrogen-bond donors (Lipinski definition) is 4. The summed E-state index contributed by atoms with van der Waals surface area (Å²) in [6.07, 6.45) is 3.56. The van der Waals surface area contributed by atoms with Crippen molar-refractivity contribution in [3.8, 4) is 5.75 Å². The second-order valence-corrected chi connectivity index (χ2v) is 5.75. The molecule has 0 spiro atoms. The third kappa shape index (κ3) is 4.31. The van der Waals surface area contributed by atoms with Crippen LogP contribution in [0.1, 0.15) is 34.3 Å². The van der Waals surface area contributed by atoms with Crippen LogP contribution in [-0.2, 0) is 4.79 Å². The second-order valence-electron chi connectivity index (χ2n) is 5.75. The number of carbonyl (C=O) groups is 2. The second kappa shape index (κ2) is 7.90. The van der Waals surface area contributed by atoms with E-state index in [1.54, 1.807) is 25.1 Å².